The molecule has 62 valence electrons. The molecule has 0 unspecified atom stereocenters. The van der Waals surface area contributed by atoms with E-state index >= 15 is 0 Å². The number of carbonyl (C=O) groups excluding carboxylic acids is 1. The van der Waals surface area contributed by atoms with Crippen molar-refractivity contribution in [2.75, 3.05) is 0 Å². The number of carbonyl (C=O) groups is 1. The highest BCUT2D eigenvalue weighted by Crippen LogP contribution is 1.94. The van der Waals surface area contributed by atoms with E-state index in [4.69, 9.17) is 0 Å². The molecule has 0 radical (unpaired) electrons. The van der Waals surface area contributed by atoms with E-state index in [0.717, 1.165) is 19.3 Å². The van der Waals surface area contributed by atoms with Gasteiger partial charge in [0.2, 0.25) is 5.78 Å². The minimum Gasteiger partial charge on any atom is -0.285 e. The van der Waals surface area contributed by atoms with Crippen LogP contribution in [0.4, 0.5) is 0 Å². The smallest absolute Gasteiger partial charge is 0.207 e. The van der Waals surface area contributed by atoms with Crippen LogP contribution < -0.4 is 0 Å². The Bertz CT molecular complexity index is 169. The van der Waals surface area contributed by atoms with E-state index in [1.165, 1.54) is 0 Å². The minimum atomic E-state index is 0.0566. The Morgan fingerprint density at radius 2 is 2.09 bits per heavy atom. The van der Waals surface area contributed by atoms with Crippen molar-refractivity contribution in [3.05, 3.63) is 0 Å². The van der Waals surface area contributed by atoms with E-state index in [2.05, 4.69) is 18.8 Å². The van der Waals surface area contributed by atoms with Crippen LogP contribution in [0.5, 0.6) is 0 Å². The maximum Gasteiger partial charge on any atom is 0.207 e. The summed E-state index contributed by atoms with van der Waals surface area (Å²) < 4.78 is 0. The molecule has 0 aromatic heterocycles. The number of ketones is 1. The van der Waals surface area contributed by atoms with Crippen molar-refractivity contribution in [2.24, 2.45) is 5.92 Å². The molecule has 0 amide bonds. The van der Waals surface area contributed by atoms with Crippen molar-refractivity contribution in [3.63, 3.8) is 0 Å². The predicted octanol–water partition coefficient (Wildman–Crippen LogP) is 2.41. The third-order valence-electron chi connectivity index (χ3n) is 1.39. The van der Waals surface area contributed by atoms with Gasteiger partial charge in [-0.3, -0.25) is 4.79 Å². The van der Waals surface area contributed by atoms with E-state index < -0.39 is 0 Å². The Labute approximate surface area is 69.2 Å². The molecule has 0 rings (SSSR count). The fraction of sp³-hybridized carbons (Fsp3) is 0.700. The topological polar surface area (TPSA) is 17.1 Å². The lowest BCUT2D eigenvalue weighted by molar-refractivity contribution is -0.116. The first-order valence-electron chi connectivity index (χ1n) is 4.21. The third kappa shape index (κ3) is 5.66. The van der Waals surface area contributed by atoms with Crippen molar-refractivity contribution in [2.45, 2.75) is 40.0 Å². The number of hydrogen-bond donors (Lipinski definition) is 0. The first-order valence-corrected chi connectivity index (χ1v) is 4.21. The normalized spacial score (nSPS) is 9.09. The molecule has 0 aromatic carbocycles. The van der Waals surface area contributed by atoms with E-state index in [9.17, 15) is 4.79 Å². The summed E-state index contributed by atoms with van der Waals surface area (Å²) in [7, 11) is 0. The predicted molar refractivity (Wildman–Crippen MR) is 47.1 cm³/mol. The second-order valence-electron chi connectivity index (χ2n) is 2.92. The van der Waals surface area contributed by atoms with Gasteiger partial charge in [-0.15, -0.1) is 0 Å². The summed E-state index contributed by atoms with van der Waals surface area (Å²) in [6.45, 7) is 5.86. The summed E-state index contributed by atoms with van der Waals surface area (Å²) >= 11 is 0. The van der Waals surface area contributed by atoms with Crippen LogP contribution in [0.2, 0.25) is 0 Å². The average Bonchev–Trinajstić information content (AvgIpc) is 1.97. The summed E-state index contributed by atoms with van der Waals surface area (Å²) in [5, 5.41) is 0. The molecule has 0 fully saturated rings. The molecule has 0 aromatic rings. The zero-order valence-corrected chi connectivity index (χ0v) is 7.61. The highest BCUT2D eigenvalue weighted by atomic mass is 16.1. The Kier molecular flexibility index (Phi) is 5.56. The minimum absolute atomic E-state index is 0.0566. The first-order chi connectivity index (χ1) is 5.18. The Morgan fingerprint density at radius 1 is 1.45 bits per heavy atom. The van der Waals surface area contributed by atoms with Gasteiger partial charge in [-0.2, -0.15) is 0 Å². The van der Waals surface area contributed by atoms with E-state index in [-0.39, 0.29) is 11.7 Å². The zero-order valence-electron chi connectivity index (χ0n) is 7.61. The third-order valence-corrected chi connectivity index (χ3v) is 1.39. The molecule has 0 heterocycles. The largest absolute Gasteiger partial charge is 0.285 e. The highest BCUT2D eigenvalue weighted by Gasteiger charge is 2.00. The van der Waals surface area contributed by atoms with Crippen molar-refractivity contribution < 1.29 is 4.79 Å². The molecule has 11 heavy (non-hydrogen) atoms. The van der Waals surface area contributed by atoms with Gasteiger partial charge in [0.1, 0.15) is 0 Å². The molecule has 0 atom stereocenters. The van der Waals surface area contributed by atoms with Gasteiger partial charge >= 0.3 is 0 Å². The SMILES string of the molecule is CCCCC#CC(=O)C(C)C. The van der Waals surface area contributed by atoms with Crippen molar-refractivity contribution in [1.82, 2.24) is 0 Å². The maximum atomic E-state index is 10.9. The molecular weight excluding hydrogens is 136 g/mol. The van der Waals surface area contributed by atoms with Gasteiger partial charge in [0.25, 0.3) is 0 Å². The summed E-state index contributed by atoms with van der Waals surface area (Å²) in [5.41, 5.74) is 0. The van der Waals surface area contributed by atoms with Crippen LogP contribution in [-0.2, 0) is 4.79 Å². The van der Waals surface area contributed by atoms with Crippen molar-refractivity contribution in [3.8, 4) is 11.8 Å². The fourth-order valence-electron chi connectivity index (χ4n) is 0.559. The average molecular weight is 152 g/mol. The van der Waals surface area contributed by atoms with Crippen LogP contribution in [-0.4, -0.2) is 5.78 Å². The van der Waals surface area contributed by atoms with Gasteiger partial charge in [-0.1, -0.05) is 33.1 Å². The van der Waals surface area contributed by atoms with Gasteiger partial charge in [0.15, 0.2) is 0 Å². The molecular formula is C10H16O. The Balaban J connectivity index is 3.60. The highest BCUT2D eigenvalue weighted by molar-refractivity contribution is 5.96. The van der Waals surface area contributed by atoms with Gasteiger partial charge in [-0.05, 0) is 12.3 Å². The van der Waals surface area contributed by atoms with Gasteiger partial charge in [-0.25, -0.2) is 0 Å². The molecule has 0 aliphatic carbocycles. The Morgan fingerprint density at radius 3 is 2.55 bits per heavy atom. The summed E-state index contributed by atoms with van der Waals surface area (Å²) in [6, 6.07) is 0. The van der Waals surface area contributed by atoms with E-state index in [1.54, 1.807) is 0 Å². The molecule has 0 aliphatic rings. The van der Waals surface area contributed by atoms with Crippen molar-refractivity contribution >= 4 is 5.78 Å². The molecule has 0 N–H and O–H groups in total. The molecule has 0 saturated heterocycles. The number of hydrogen-bond acceptors (Lipinski definition) is 1. The lowest BCUT2D eigenvalue weighted by Gasteiger charge is -1.92. The van der Waals surface area contributed by atoms with Crippen LogP contribution in [0.25, 0.3) is 0 Å². The van der Waals surface area contributed by atoms with Gasteiger partial charge in [0.05, 0.1) is 0 Å². The van der Waals surface area contributed by atoms with Crippen LogP contribution in [0.3, 0.4) is 0 Å². The first kappa shape index (κ1) is 10.2. The zero-order chi connectivity index (χ0) is 8.69. The quantitative estimate of drug-likeness (QED) is 0.345. The van der Waals surface area contributed by atoms with Crippen LogP contribution >= 0.6 is 0 Å². The van der Waals surface area contributed by atoms with Crippen LogP contribution in [0.1, 0.15) is 40.0 Å². The Hall–Kier alpha value is -0.770. The lowest BCUT2D eigenvalue weighted by Crippen LogP contribution is -2.02. The molecule has 0 aliphatic heterocycles. The molecule has 0 bridgehead atoms. The van der Waals surface area contributed by atoms with Crippen LogP contribution in [0.15, 0.2) is 0 Å². The van der Waals surface area contributed by atoms with E-state index in [1.807, 2.05) is 13.8 Å². The van der Waals surface area contributed by atoms with Crippen LogP contribution in [0, 0.1) is 17.8 Å². The summed E-state index contributed by atoms with van der Waals surface area (Å²) in [6.07, 6.45) is 3.10. The van der Waals surface area contributed by atoms with Gasteiger partial charge < -0.3 is 0 Å². The van der Waals surface area contributed by atoms with Crippen molar-refractivity contribution in [1.29, 1.82) is 0 Å². The fourth-order valence-corrected chi connectivity index (χ4v) is 0.559. The second-order valence-corrected chi connectivity index (χ2v) is 2.92. The number of rotatable bonds is 3. The summed E-state index contributed by atoms with van der Waals surface area (Å²) in [4.78, 5) is 10.9. The van der Waals surface area contributed by atoms with E-state index in [0.29, 0.717) is 0 Å². The monoisotopic (exact) mass is 152 g/mol. The summed E-state index contributed by atoms with van der Waals surface area (Å²) in [5.74, 6) is 5.61. The maximum absolute atomic E-state index is 10.9. The number of unbranched alkanes of at least 4 members (excludes halogenated alkanes) is 2. The molecule has 1 heteroatoms. The number of Topliss-reactive ketones (excluding diaryl/α,β-unsaturated/α-hetero) is 1. The standard InChI is InChI=1S/C10H16O/c1-4-5-6-7-8-10(11)9(2)3/h9H,4-6H2,1-3H3. The molecule has 1 nitrogen and oxygen atoms in total. The molecule has 0 saturated carbocycles. The van der Waals surface area contributed by atoms with Gasteiger partial charge in [0, 0.05) is 12.3 Å². The lowest BCUT2D eigenvalue weighted by atomic mass is 10.1. The molecule has 0 spiro atoms. The second kappa shape index (κ2) is 5.97.